The summed E-state index contributed by atoms with van der Waals surface area (Å²) in [5.41, 5.74) is 0.364. The minimum absolute atomic E-state index is 0.364. The van der Waals surface area contributed by atoms with Gasteiger partial charge in [0.2, 0.25) is 0 Å². The van der Waals surface area contributed by atoms with Gasteiger partial charge in [-0.2, -0.15) is 0 Å². The van der Waals surface area contributed by atoms with Gasteiger partial charge < -0.3 is 5.32 Å². The van der Waals surface area contributed by atoms with Crippen LogP contribution in [-0.4, -0.2) is 18.4 Å². The van der Waals surface area contributed by atoms with Crippen molar-refractivity contribution in [1.82, 2.24) is 5.32 Å². The summed E-state index contributed by atoms with van der Waals surface area (Å²) < 4.78 is 26.7. The Bertz CT molecular complexity index is 386. The molecule has 1 amide bonds. The molecule has 0 aromatic heterocycles. The van der Waals surface area contributed by atoms with Crippen LogP contribution in [0.3, 0.4) is 0 Å². The molecule has 2 nitrogen and oxygen atoms in total. The summed E-state index contributed by atoms with van der Waals surface area (Å²) in [6.07, 6.45) is 0. The number of hydrogen-bond acceptors (Lipinski definition) is 1. The van der Waals surface area contributed by atoms with Gasteiger partial charge >= 0.3 is 0 Å². The van der Waals surface area contributed by atoms with Gasteiger partial charge in [-0.3, -0.25) is 4.79 Å². The monoisotopic (exact) mass is 403 g/mol. The van der Waals surface area contributed by atoms with Gasteiger partial charge in [0.05, 0.1) is 6.54 Å². The Labute approximate surface area is 114 Å². The maximum absolute atomic E-state index is 12.5. The van der Waals surface area contributed by atoms with Crippen LogP contribution in [0, 0.1) is 3.57 Å². The van der Waals surface area contributed by atoms with Gasteiger partial charge in [0.1, 0.15) is 0 Å². The first-order chi connectivity index (χ1) is 7.28. The Morgan fingerprint density at radius 3 is 2.62 bits per heavy atom. The lowest BCUT2D eigenvalue weighted by Gasteiger charge is -2.11. The van der Waals surface area contributed by atoms with Gasteiger partial charge in [0, 0.05) is 20.5 Å². The van der Waals surface area contributed by atoms with E-state index in [1.54, 1.807) is 12.1 Å². The Balaban J connectivity index is 2.73. The molecule has 0 atom stereocenters. The summed E-state index contributed by atoms with van der Waals surface area (Å²) in [5, 5.41) is 2.18. The molecular formula is C10H9BrF2INO. The second kappa shape index (κ2) is 5.39. The highest BCUT2D eigenvalue weighted by molar-refractivity contribution is 14.1. The first-order valence-electron chi connectivity index (χ1n) is 4.40. The van der Waals surface area contributed by atoms with Crippen molar-refractivity contribution in [3.8, 4) is 0 Å². The van der Waals surface area contributed by atoms with Crippen molar-refractivity contribution in [2.75, 3.05) is 6.54 Å². The van der Waals surface area contributed by atoms with E-state index in [-0.39, 0.29) is 0 Å². The highest BCUT2D eigenvalue weighted by atomic mass is 127. The number of benzene rings is 1. The molecule has 0 bridgehead atoms. The lowest BCUT2D eigenvalue weighted by molar-refractivity contribution is 0.0221. The van der Waals surface area contributed by atoms with Crippen molar-refractivity contribution in [2.45, 2.75) is 12.8 Å². The predicted molar refractivity (Wildman–Crippen MR) is 69.8 cm³/mol. The molecule has 0 aliphatic heterocycles. The number of halogens is 4. The molecule has 1 aromatic carbocycles. The van der Waals surface area contributed by atoms with Gasteiger partial charge in [0.15, 0.2) is 0 Å². The number of rotatable bonds is 3. The molecular weight excluding hydrogens is 395 g/mol. The zero-order valence-electron chi connectivity index (χ0n) is 8.36. The quantitative estimate of drug-likeness (QED) is 0.769. The van der Waals surface area contributed by atoms with Crippen LogP contribution in [0.5, 0.6) is 0 Å². The summed E-state index contributed by atoms with van der Waals surface area (Å²) in [5.74, 6) is -3.39. The van der Waals surface area contributed by atoms with E-state index in [4.69, 9.17) is 0 Å². The van der Waals surface area contributed by atoms with E-state index in [1.165, 1.54) is 0 Å². The fourth-order valence-corrected chi connectivity index (χ4v) is 2.61. The van der Waals surface area contributed by atoms with Gasteiger partial charge in [-0.25, -0.2) is 8.78 Å². The molecule has 0 spiro atoms. The van der Waals surface area contributed by atoms with E-state index in [0.717, 1.165) is 15.0 Å². The van der Waals surface area contributed by atoms with Crippen LogP contribution in [-0.2, 0) is 0 Å². The molecule has 88 valence electrons. The lowest BCUT2D eigenvalue weighted by Crippen LogP contribution is -2.34. The molecule has 0 saturated carbocycles. The third-order valence-corrected chi connectivity index (χ3v) is 2.76. The first-order valence-corrected chi connectivity index (χ1v) is 6.27. The number of nitrogens with one attached hydrogen (secondary N) is 1. The number of hydrogen-bond donors (Lipinski definition) is 1. The van der Waals surface area contributed by atoms with Crippen LogP contribution in [0.2, 0.25) is 0 Å². The molecule has 0 saturated heterocycles. The van der Waals surface area contributed by atoms with Crippen molar-refractivity contribution in [1.29, 1.82) is 0 Å². The highest BCUT2D eigenvalue weighted by Gasteiger charge is 2.22. The smallest absolute Gasteiger partial charge is 0.262 e. The first kappa shape index (κ1) is 13.8. The molecule has 0 unspecified atom stereocenters. The van der Waals surface area contributed by atoms with Crippen LogP contribution in [0.25, 0.3) is 0 Å². The van der Waals surface area contributed by atoms with Crippen molar-refractivity contribution >= 4 is 44.4 Å². The zero-order chi connectivity index (χ0) is 12.3. The van der Waals surface area contributed by atoms with Crippen LogP contribution < -0.4 is 5.32 Å². The van der Waals surface area contributed by atoms with E-state index in [2.05, 4.69) is 43.8 Å². The molecule has 1 rings (SSSR count). The maximum Gasteiger partial charge on any atom is 0.262 e. The van der Waals surface area contributed by atoms with Crippen molar-refractivity contribution in [3.63, 3.8) is 0 Å². The third kappa shape index (κ3) is 4.73. The van der Waals surface area contributed by atoms with Crippen LogP contribution >= 0.6 is 38.5 Å². The lowest BCUT2D eigenvalue weighted by atomic mass is 10.2. The SMILES string of the molecule is CC(F)(F)CNC(=O)c1cc(Br)cc(I)c1. The average molecular weight is 404 g/mol. The molecule has 0 aliphatic rings. The summed E-state index contributed by atoms with van der Waals surface area (Å²) in [6.45, 7) is 0.104. The molecule has 16 heavy (non-hydrogen) atoms. The van der Waals surface area contributed by atoms with Crippen LogP contribution in [0.15, 0.2) is 22.7 Å². The normalized spacial score (nSPS) is 11.3. The summed E-state index contributed by atoms with van der Waals surface area (Å²) in [6, 6.07) is 5.05. The Kier molecular flexibility index (Phi) is 4.66. The second-order valence-corrected chi connectivity index (χ2v) is 5.57. The van der Waals surface area contributed by atoms with Gasteiger partial charge in [0.25, 0.3) is 11.8 Å². The fraction of sp³-hybridized carbons (Fsp3) is 0.300. The molecule has 0 radical (unpaired) electrons. The van der Waals surface area contributed by atoms with E-state index in [0.29, 0.717) is 5.56 Å². The second-order valence-electron chi connectivity index (χ2n) is 3.41. The summed E-state index contributed by atoms with van der Waals surface area (Å²) in [4.78, 5) is 11.5. The molecule has 6 heteroatoms. The Morgan fingerprint density at radius 1 is 1.50 bits per heavy atom. The number of carbonyl (C=O) groups is 1. The molecule has 0 aliphatic carbocycles. The van der Waals surface area contributed by atoms with Crippen molar-refractivity contribution < 1.29 is 13.6 Å². The predicted octanol–water partition coefficient (Wildman–Crippen LogP) is 3.44. The van der Waals surface area contributed by atoms with Crippen LogP contribution in [0.4, 0.5) is 8.78 Å². The van der Waals surface area contributed by atoms with Crippen LogP contribution in [0.1, 0.15) is 17.3 Å². The minimum atomic E-state index is -2.89. The average Bonchev–Trinajstić information content (AvgIpc) is 2.11. The Morgan fingerprint density at radius 2 is 2.12 bits per heavy atom. The molecule has 0 fully saturated rings. The van der Waals surface area contributed by atoms with E-state index in [1.807, 2.05) is 6.07 Å². The molecule has 0 heterocycles. The van der Waals surface area contributed by atoms with Gasteiger partial charge in [-0.1, -0.05) is 15.9 Å². The van der Waals surface area contributed by atoms with E-state index < -0.39 is 18.4 Å². The van der Waals surface area contributed by atoms with Crippen molar-refractivity contribution in [3.05, 3.63) is 31.8 Å². The third-order valence-electron chi connectivity index (χ3n) is 1.68. The maximum atomic E-state index is 12.5. The standard InChI is InChI=1S/C10H9BrF2INO/c1-10(12,13)5-15-9(16)6-2-7(11)4-8(14)3-6/h2-4H,5H2,1H3,(H,15,16). The number of amides is 1. The fourth-order valence-electron chi connectivity index (χ4n) is 1.02. The van der Waals surface area contributed by atoms with Gasteiger partial charge in [-0.15, -0.1) is 0 Å². The summed E-state index contributed by atoms with van der Waals surface area (Å²) >= 11 is 5.29. The van der Waals surface area contributed by atoms with E-state index in [9.17, 15) is 13.6 Å². The molecule has 1 N–H and O–H groups in total. The Hall–Kier alpha value is -0.240. The number of carbonyl (C=O) groups excluding carboxylic acids is 1. The molecule has 1 aromatic rings. The van der Waals surface area contributed by atoms with Gasteiger partial charge in [-0.05, 0) is 40.8 Å². The highest BCUT2D eigenvalue weighted by Crippen LogP contribution is 2.17. The summed E-state index contributed by atoms with van der Waals surface area (Å²) in [7, 11) is 0. The van der Waals surface area contributed by atoms with E-state index >= 15 is 0 Å². The topological polar surface area (TPSA) is 29.1 Å². The zero-order valence-corrected chi connectivity index (χ0v) is 12.1. The largest absolute Gasteiger partial charge is 0.346 e. The minimum Gasteiger partial charge on any atom is -0.346 e. The number of alkyl halides is 2. The van der Waals surface area contributed by atoms with Crippen molar-refractivity contribution in [2.24, 2.45) is 0 Å².